The van der Waals surface area contributed by atoms with Crippen molar-refractivity contribution >= 4 is 11.7 Å². The molecular weight excluding hydrogens is 240 g/mol. The normalized spacial score (nSPS) is 20.3. The number of rotatable bonds is 3. The Balaban J connectivity index is 1.86. The van der Waals surface area contributed by atoms with Crippen LogP contribution in [0.1, 0.15) is 45.7 Å². The third kappa shape index (κ3) is 4.06. The summed E-state index contributed by atoms with van der Waals surface area (Å²) in [6, 6.07) is 1.91. The topological polar surface area (TPSA) is 69.8 Å². The molecule has 2 heterocycles. The van der Waals surface area contributed by atoms with E-state index in [4.69, 9.17) is 0 Å². The van der Waals surface area contributed by atoms with Gasteiger partial charge in [0.2, 0.25) is 5.91 Å². The fourth-order valence-electron chi connectivity index (χ4n) is 2.32. The Morgan fingerprint density at radius 3 is 2.89 bits per heavy atom. The smallest absolute Gasteiger partial charge is 0.225 e. The van der Waals surface area contributed by atoms with E-state index in [-0.39, 0.29) is 11.3 Å². The molecule has 1 saturated heterocycles. The molecule has 1 aliphatic rings. The van der Waals surface area contributed by atoms with Crippen molar-refractivity contribution in [2.75, 3.05) is 18.4 Å². The number of nitrogens with zero attached hydrogens (tertiary/aromatic N) is 1. The molecule has 1 aromatic rings. The van der Waals surface area contributed by atoms with Gasteiger partial charge in [0.25, 0.3) is 0 Å². The van der Waals surface area contributed by atoms with Gasteiger partial charge < -0.3 is 10.6 Å². The van der Waals surface area contributed by atoms with Crippen LogP contribution >= 0.6 is 0 Å². The van der Waals surface area contributed by atoms with Crippen LogP contribution in [-0.2, 0) is 10.2 Å². The molecular formula is C14H24N4O. The zero-order chi connectivity index (χ0) is 13.9. The minimum Gasteiger partial charge on any atom is -0.316 e. The summed E-state index contributed by atoms with van der Waals surface area (Å²) >= 11 is 0. The molecule has 5 nitrogen and oxygen atoms in total. The zero-order valence-electron chi connectivity index (χ0n) is 12.0. The number of nitrogens with one attached hydrogen (secondary N) is 3. The van der Waals surface area contributed by atoms with E-state index >= 15 is 0 Å². The van der Waals surface area contributed by atoms with Crippen LogP contribution in [0.5, 0.6) is 0 Å². The van der Waals surface area contributed by atoms with Gasteiger partial charge in [0.15, 0.2) is 5.82 Å². The second kappa shape index (κ2) is 5.74. The molecule has 0 aromatic carbocycles. The van der Waals surface area contributed by atoms with Crippen LogP contribution in [0.25, 0.3) is 0 Å². The van der Waals surface area contributed by atoms with Crippen LogP contribution < -0.4 is 10.6 Å². The van der Waals surface area contributed by atoms with E-state index in [2.05, 4.69) is 41.6 Å². The summed E-state index contributed by atoms with van der Waals surface area (Å²) in [7, 11) is 0. The van der Waals surface area contributed by atoms with E-state index in [1.807, 2.05) is 6.07 Å². The number of anilines is 1. The van der Waals surface area contributed by atoms with Gasteiger partial charge in [-0.25, -0.2) is 0 Å². The van der Waals surface area contributed by atoms with Gasteiger partial charge in [-0.3, -0.25) is 9.89 Å². The Kier molecular flexibility index (Phi) is 4.24. The minimum absolute atomic E-state index is 0.0171. The van der Waals surface area contributed by atoms with Crippen LogP contribution in [0.15, 0.2) is 6.07 Å². The number of aromatic amines is 1. The molecule has 2 rings (SSSR count). The number of H-pyrrole nitrogens is 1. The highest BCUT2D eigenvalue weighted by molar-refractivity contribution is 5.89. The molecule has 0 radical (unpaired) electrons. The van der Waals surface area contributed by atoms with Gasteiger partial charge in [0.1, 0.15) is 0 Å². The van der Waals surface area contributed by atoms with E-state index < -0.39 is 0 Å². The molecule has 0 bridgehead atoms. The van der Waals surface area contributed by atoms with Crippen molar-refractivity contribution < 1.29 is 4.79 Å². The highest BCUT2D eigenvalue weighted by Crippen LogP contribution is 2.22. The number of carbonyl (C=O) groups is 1. The van der Waals surface area contributed by atoms with Crippen molar-refractivity contribution in [1.29, 1.82) is 0 Å². The summed E-state index contributed by atoms with van der Waals surface area (Å²) in [5, 5.41) is 13.3. The fraction of sp³-hybridized carbons (Fsp3) is 0.714. The molecule has 1 amide bonds. The van der Waals surface area contributed by atoms with E-state index in [0.29, 0.717) is 18.2 Å². The maximum atomic E-state index is 11.9. The van der Waals surface area contributed by atoms with Crippen molar-refractivity contribution in [1.82, 2.24) is 15.5 Å². The van der Waals surface area contributed by atoms with Gasteiger partial charge in [0.05, 0.1) is 0 Å². The number of hydrogen-bond acceptors (Lipinski definition) is 3. The van der Waals surface area contributed by atoms with Crippen LogP contribution in [0.3, 0.4) is 0 Å². The van der Waals surface area contributed by atoms with E-state index in [0.717, 1.165) is 31.6 Å². The average Bonchev–Trinajstić information content (AvgIpc) is 2.78. The zero-order valence-corrected chi connectivity index (χ0v) is 12.0. The van der Waals surface area contributed by atoms with Crippen molar-refractivity contribution in [2.45, 2.75) is 45.4 Å². The number of amides is 1. The van der Waals surface area contributed by atoms with Gasteiger partial charge in [-0.1, -0.05) is 20.8 Å². The predicted molar refractivity (Wildman–Crippen MR) is 76.1 cm³/mol. The van der Waals surface area contributed by atoms with Gasteiger partial charge in [-0.15, -0.1) is 0 Å². The summed E-state index contributed by atoms with van der Waals surface area (Å²) < 4.78 is 0. The second-order valence-corrected chi connectivity index (χ2v) is 6.38. The lowest BCUT2D eigenvalue weighted by Gasteiger charge is -2.21. The molecule has 1 aromatic heterocycles. The maximum Gasteiger partial charge on any atom is 0.225 e. The molecule has 1 aliphatic heterocycles. The Bertz CT molecular complexity index is 427. The first-order valence-electron chi connectivity index (χ1n) is 7.01. The third-order valence-corrected chi connectivity index (χ3v) is 3.53. The Hall–Kier alpha value is -1.36. The number of carbonyl (C=O) groups excluding carboxylic acids is 1. The molecule has 19 heavy (non-hydrogen) atoms. The SMILES string of the molecule is CC(C)(C)c1cc(NC(=O)CC2CCCNC2)n[nH]1. The summed E-state index contributed by atoms with van der Waals surface area (Å²) in [4.78, 5) is 11.9. The summed E-state index contributed by atoms with van der Waals surface area (Å²) in [5.74, 6) is 1.13. The first-order valence-corrected chi connectivity index (χ1v) is 7.01. The Labute approximate surface area is 114 Å². The van der Waals surface area contributed by atoms with Crippen LogP contribution in [0, 0.1) is 5.92 Å². The number of piperidine rings is 1. The van der Waals surface area contributed by atoms with Crippen LogP contribution in [0.2, 0.25) is 0 Å². The maximum absolute atomic E-state index is 11.9. The van der Waals surface area contributed by atoms with Gasteiger partial charge in [-0.05, 0) is 31.8 Å². The molecule has 3 N–H and O–H groups in total. The Morgan fingerprint density at radius 2 is 2.32 bits per heavy atom. The molecule has 1 atom stereocenters. The summed E-state index contributed by atoms with van der Waals surface area (Å²) in [6.45, 7) is 8.35. The van der Waals surface area contributed by atoms with Crippen LogP contribution in [-0.4, -0.2) is 29.2 Å². The highest BCUT2D eigenvalue weighted by Gasteiger charge is 2.19. The molecule has 0 aliphatic carbocycles. The summed E-state index contributed by atoms with van der Waals surface area (Å²) in [6.07, 6.45) is 2.87. The highest BCUT2D eigenvalue weighted by atomic mass is 16.1. The van der Waals surface area contributed by atoms with E-state index in [1.54, 1.807) is 0 Å². The molecule has 1 unspecified atom stereocenters. The monoisotopic (exact) mass is 264 g/mol. The lowest BCUT2D eigenvalue weighted by molar-refractivity contribution is -0.117. The van der Waals surface area contributed by atoms with E-state index in [1.165, 1.54) is 0 Å². The van der Waals surface area contributed by atoms with Crippen molar-refractivity contribution in [2.24, 2.45) is 5.92 Å². The first kappa shape index (κ1) is 14.1. The first-order chi connectivity index (χ1) is 8.95. The second-order valence-electron chi connectivity index (χ2n) is 6.38. The van der Waals surface area contributed by atoms with Crippen molar-refractivity contribution in [3.63, 3.8) is 0 Å². The number of hydrogen-bond donors (Lipinski definition) is 3. The standard InChI is InChI=1S/C14H24N4O/c1-14(2,3)11-8-12(18-17-11)16-13(19)7-10-5-4-6-15-9-10/h8,10,15H,4-7,9H2,1-3H3,(H2,16,17,18,19). The van der Waals surface area contributed by atoms with Crippen molar-refractivity contribution in [3.8, 4) is 0 Å². The molecule has 0 saturated carbocycles. The summed E-state index contributed by atoms with van der Waals surface area (Å²) in [5.41, 5.74) is 1.05. The molecule has 0 spiro atoms. The van der Waals surface area contributed by atoms with E-state index in [9.17, 15) is 4.79 Å². The molecule has 1 fully saturated rings. The average molecular weight is 264 g/mol. The predicted octanol–water partition coefficient (Wildman–Crippen LogP) is 2.04. The largest absolute Gasteiger partial charge is 0.316 e. The molecule has 106 valence electrons. The van der Waals surface area contributed by atoms with Crippen LogP contribution in [0.4, 0.5) is 5.82 Å². The van der Waals surface area contributed by atoms with Crippen molar-refractivity contribution in [3.05, 3.63) is 11.8 Å². The van der Waals surface area contributed by atoms with Gasteiger partial charge in [-0.2, -0.15) is 5.10 Å². The molecule has 5 heteroatoms. The number of aromatic nitrogens is 2. The Morgan fingerprint density at radius 1 is 1.53 bits per heavy atom. The third-order valence-electron chi connectivity index (χ3n) is 3.53. The lowest BCUT2D eigenvalue weighted by atomic mass is 9.92. The fourth-order valence-corrected chi connectivity index (χ4v) is 2.32. The van der Waals surface area contributed by atoms with Gasteiger partial charge in [0, 0.05) is 23.6 Å². The lowest BCUT2D eigenvalue weighted by Crippen LogP contribution is -2.32. The minimum atomic E-state index is 0.0171. The van der Waals surface area contributed by atoms with Gasteiger partial charge >= 0.3 is 0 Å². The quantitative estimate of drug-likeness (QED) is 0.782.